The van der Waals surface area contributed by atoms with Crippen LogP contribution in [0, 0.1) is 11.8 Å². The fourth-order valence-corrected chi connectivity index (χ4v) is 4.13. The Hall–Kier alpha value is -2.30. The van der Waals surface area contributed by atoms with E-state index >= 15 is 0 Å². The molecule has 0 saturated carbocycles. The molecule has 1 aliphatic carbocycles. The molecule has 1 amide bonds. The Morgan fingerprint density at radius 2 is 2.29 bits per heavy atom. The van der Waals surface area contributed by atoms with Gasteiger partial charge in [-0.1, -0.05) is 25.5 Å². The van der Waals surface area contributed by atoms with Crippen molar-refractivity contribution < 1.29 is 9.53 Å². The molecule has 4 heterocycles. The molecule has 1 saturated heterocycles. The van der Waals surface area contributed by atoms with E-state index in [2.05, 4.69) is 33.9 Å². The van der Waals surface area contributed by atoms with Gasteiger partial charge in [-0.3, -0.25) is 4.79 Å². The minimum Gasteiger partial charge on any atom is -0.481 e. The molecule has 3 unspecified atom stereocenters. The van der Waals surface area contributed by atoms with Gasteiger partial charge in [0.25, 0.3) is 0 Å². The molecule has 126 valence electrons. The van der Waals surface area contributed by atoms with Gasteiger partial charge in [0.05, 0.1) is 30.6 Å². The van der Waals surface area contributed by atoms with E-state index < -0.39 is 0 Å². The quantitative estimate of drug-likeness (QED) is 0.879. The molecule has 2 bridgehead atoms. The smallest absolute Gasteiger partial charge is 0.227 e. The maximum absolute atomic E-state index is 12.9. The second-order valence-corrected chi connectivity index (χ2v) is 6.83. The molecule has 3 atom stereocenters. The first-order valence-electron chi connectivity index (χ1n) is 8.68. The Labute approximate surface area is 141 Å². The summed E-state index contributed by atoms with van der Waals surface area (Å²) in [4.78, 5) is 22.7. The standard InChI is InChI=1S/C19H23N3O2/c1-3-13-8-12-4-6-16(13)22(11-12)18(23)9-14-10-20-15-5-7-17(24-2)21-19(14)15/h4-7,10,12-13,16,20H,3,8-9,11H2,1-2H3. The van der Waals surface area contributed by atoms with Crippen molar-refractivity contribution >= 4 is 16.9 Å². The summed E-state index contributed by atoms with van der Waals surface area (Å²) in [6, 6.07) is 4.03. The summed E-state index contributed by atoms with van der Waals surface area (Å²) in [5.74, 6) is 1.88. The molecule has 2 aromatic heterocycles. The summed E-state index contributed by atoms with van der Waals surface area (Å²) < 4.78 is 5.21. The van der Waals surface area contributed by atoms with Gasteiger partial charge in [0.1, 0.15) is 0 Å². The lowest BCUT2D eigenvalue weighted by Gasteiger charge is -2.46. The topological polar surface area (TPSA) is 58.2 Å². The number of aromatic amines is 1. The highest BCUT2D eigenvalue weighted by molar-refractivity contribution is 5.87. The Kier molecular flexibility index (Phi) is 3.79. The summed E-state index contributed by atoms with van der Waals surface area (Å²) in [7, 11) is 1.60. The molecule has 2 aromatic rings. The van der Waals surface area contributed by atoms with Crippen LogP contribution < -0.4 is 4.74 Å². The lowest BCUT2D eigenvalue weighted by atomic mass is 9.76. The third kappa shape index (κ3) is 2.48. The minimum atomic E-state index is 0.193. The normalized spacial score (nSPS) is 25.4. The number of hydrogen-bond acceptors (Lipinski definition) is 3. The van der Waals surface area contributed by atoms with Gasteiger partial charge in [-0.25, -0.2) is 4.98 Å². The second-order valence-electron chi connectivity index (χ2n) is 6.83. The van der Waals surface area contributed by atoms with Crippen molar-refractivity contribution in [2.45, 2.75) is 32.2 Å². The molecule has 0 radical (unpaired) electrons. The molecule has 5 heteroatoms. The molecule has 1 N–H and O–H groups in total. The predicted molar refractivity (Wildman–Crippen MR) is 92.9 cm³/mol. The lowest BCUT2D eigenvalue weighted by molar-refractivity contribution is -0.135. The second kappa shape index (κ2) is 5.96. The average Bonchev–Trinajstić information content (AvgIpc) is 3.03. The zero-order chi connectivity index (χ0) is 16.7. The number of ether oxygens (including phenoxy) is 1. The number of piperidine rings is 1. The van der Waals surface area contributed by atoms with Crippen LogP contribution in [0.5, 0.6) is 5.88 Å². The van der Waals surface area contributed by atoms with Gasteiger partial charge in [-0.2, -0.15) is 0 Å². The number of pyridine rings is 1. The van der Waals surface area contributed by atoms with E-state index in [-0.39, 0.29) is 11.9 Å². The van der Waals surface area contributed by atoms with Gasteiger partial charge < -0.3 is 14.6 Å². The number of nitrogens with zero attached hydrogens (tertiary/aromatic N) is 2. The van der Waals surface area contributed by atoms with Gasteiger partial charge >= 0.3 is 0 Å². The molecule has 5 nitrogen and oxygen atoms in total. The number of rotatable bonds is 4. The number of nitrogens with one attached hydrogen (secondary N) is 1. The van der Waals surface area contributed by atoms with Gasteiger partial charge in [-0.05, 0) is 24.3 Å². The van der Waals surface area contributed by atoms with E-state index in [0.29, 0.717) is 24.1 Å². The minimum absolute atomic E-state index is 0.193. The average molecular weight is 325 g/mol. The maximum atomic E-state index is 12.9. The number of carbonyl (C=O) groups is 1. The van der Waals surface area contributed by atoms with Crippen LogP contribution in [0.3, 0.4) is 0 Å². The summed E-state index contributed by atoms with van der Waals surface area (Å²) in [6.45, 7) is 3.08. The number of carbonyl (C=O) groups excluding carboxylic acids is 1. The first kappa shape index (κ1) is 15.2. The van der Waals surface area contributed by atoms with Crippen LogP contribution >= 0.6 is 0 Å². The Balaban J connectivity index is 1.57. The number of aromatic nitrogens is 2. The molecule has 2 aliphatic heterocycles. The monoisotopic (exact) mass is 325 g/mol. The van der Waals surface area contributed by atoms with E-state index in [1.165, 1.54) is 6.42 Å². The number of amides is 1. The van der Waals surface area contributed by atoms with Crippen molar-refractivity contribution in [3.05, 3.63) is 36.0 Å². The van der Waals surface area contributed by atoms with Crippen LogP contribution in [-0.4, -0.2) is 40.5 Å². The van der Waals surface area contributed by atoms with Gasteiger partial charge in [0.2, 0.25) is 11.8 Å². The third-order valence-electron chi connectivity index (χ3n) is 5.43. The number of fused-ring (bicyclic) bond motifs is 3. The van der Waals surface area contributed by atoms with Crippen LogP contribution in [0.25, 0.3) is 11.0 Å². The zero-order valence-corrected chi connectivity index (χ0v) is 14.2. The lowest BCUT2D eigenvalue weighted by Crippen LogP contribution is -2.53. The predicted octanol–water partition coefficient (Wildman–Crippen LogP) is 2.93. The summed E-state index contributed by atoms with van der Waals surface area (Å²) in [5.41, 5.74) is 2.70. The van der Waals surface area contributed by atoms with Crippen molar-refractivity contribution in [2.24, 2.45) is 11.8 Å². The van der Waals surface area contributed by atoms with E-state index in [1.54, 1.807) is 7.11 Å². The Morgan fingerprint density at radius 1 is 1.42 bits per heavy atom. The first-order valence-corrected chi connectivity index (χ1v) is 8.68. The summed E-state index contributed by atoms with van der Waals surface area (Å²) >= 11 is 0. The van der Waals surface area contributed by atoms with E-state index in [0.717, 1.165) is 29.6 Å². The maximum Gasteiger partial charge on any atom is 0.227 e. The molecular formula is C19H23N3O2. The third-order valence-corrected chi connectivity index (χ3v) is 5.43. The van der Waals surface area contributed by atoms with Gasteiger partial charge in [0.15, 0.2) is 0 Å². The zero-order valence-electron chi connectivity index (χ0n) is 14.2. The number of H-pyrrole nitrogens is 1. The molecule has 3 aliphatic rings. The number of hydrogen-bond donors (Lipinski definition) is 1. The van der Waals surface area contributed by atoms with Gasteiger partial charge in [-0.15, -0.1) is 0 Å². The fourth-order valence-electron chi connectivity index (χ4n) is 4.13. The van der Waals surface area contributed by atoms with Crippen molar-refractivity contribution in [2.75, 3.05) is 13.7 Å². The highest BCUT2D eigenvalue weighted by atomic mass is 16.5. The van der Waals surface area contributed by atoms with E-state index in [4.69, 9.17) is 4.74 Å². The molecule has 0 aromatic carbocycles. The molecule has 24 heavy (non-hydrogen) atoms. The van der Waals surface area contributed by atoms with Crippen molar-refractivity contribution in [3.63, 3.8) is 0 Å². The van der Waals surface area contributed by atoms with Gasteiger partial charge in [0, 0.05) is 24.4 Å². The Morgan fingerprint density at radius 3 is 3.04 bits per heavy atom. The van der Waals surface area contributed by atoms with Crippen LogP contribution in [0.15, 0.2) is 30.5 Å². The molecule has 5 rings (SSSR count). The van der Waals surface area contributed by atoms with Crippen molar-refractivity contribution in [3.8, 4) is 5.88 Å². The highest BCUT2D eigenvalue weighted by Crippen LogP contribution is 2.36. The van der Waals surface area contributed by atoms with E-state index in [9.17, 15) is 4.79 Å². The summed E-state index contributed by atoms with van der Waals surface area (Å²) in [6.07, 6.45) is 9.14. The molecule has 1 fully saturated rings. The Bertz CT molecular complexity index is 795. The molecular weight excluding hydrogens is 302 g/mol. The summed E-state index contributed by atoms with van der Waals surface area (Å²) in [5, 5.41) is 0. The number of methoxy groups -OCH3 is 1. The SMILES string of the molecule is CCC1CC2C=CC1N(C(=O)Cc1c[nH]c3ccc(OC)nc13)C2. The fraction of sp³-hybridized carbons (Fsp3) is 0.474. The van der Waals surface area contributed by atoms with Crippen LogP contribution in [0.2, 0.25) is 0 Å². The molecule has 0 spiro atoms. The van der Waals surface area contributed by atoms with Crippen LogP contribution in [0.4, 0.5) is 0 Å². The first-order chi connectivity index (χ1) is 11.7. The van der Waals surface area contributed by atoms with Crippen molar-refractivity contribution in [1.82, 2.24) is 14.9 Å². The highest BCUT2D eigenvalue weighted by Gasteiger charge is 2.38. The van der Waals surface area contributed by atoms with E-state index in [1.807, 2.05) is 18.3 Å². The largest absolute Gasteiger partial charge is 0.481 e. The van der Waals surface area contributed by atoms with Crippen LogP contribution in [-0.2, 0) is 11.2 Å². The van der Waals surface area contributed by atoms with Crippen molar-refractivity contribution in [1.29, 1.82) is 0 Å². The van der Waals surface area contributed by atoms with Crippen LogP contribution in [0.1, 0.15) is 25.3 Å².